The molecule has 2 heterocycles. The van der Waals surface area contributed by atoms with Gasteiger partial charge >= 0.3 is 5.63 Å². The van der Waals surface area contributed by atoms with Gasteiger partial charge in [0.25, 0.3) is 0 Å². The normalized spacial score (nSPS) is 11.1. The van der Waals surface area contributed by atoms with Crippen molar-refractivity contribution in [1.29, 1.82) is 0 Å². The van der Waals surface area contributed by atoms with Crippen LogP contribution in [0.2, 0.25) is 0 Å². The summed E-state index contributed by atoms with van der Waals surface area (Å²) in [6.07, 6.45) is 0. The maximum Gasteiger partial charge on any atom is 0.339 e. The van der Waals surface area contributed by atoms with Gasteiger partial charge in [0, 0.05) is 23.9 Å². The molecule has 0 spiro atoms. The molecule has 114 valence electrons. The lowest BCUT2D eigenvalue weighted by Gasteiger charge is -2.10. The number of rotatable bonds is 2. The van der Waals surface area contributed by atoms with Crippen molar-refractivity contribution in [3.05, 3.63) is 45.4 Å². The van der Waals surface area contributed by atoms with Crippen molar-refractivity contribution in [2.45, 2.75) is 20.8 Å². The summed E-state index contributed by atoms with van der Waals surface area (Å²) in [5.41, 5.74) is 4.42. The van der Waals surface area contributed by atoms with Crippen LogP contribution in [0.4, 0.5) is 0 Å². The van der Waals surface area contributed by atoms with Crippen LogP contribution >= 0.6 is 0 Å². The highest BCUT2D eigenvalue weighted by atomic mass is 16.5. The van der Waals surface area contributed by atoms with Gasteiger partial charge in [0.15, 0.2) is 0 Å². The molecule has 5 heteroatoms. The summed E-state index contributed by atoms with van der Waals surface area (Å²) in [5.74, 6) is 0.681. The topological polar surface area (TPSA) is 57.3 Å². The van der Waals surface area contributed by atoms with E-state index in [1.54, 1.807) is 14.0 Å². The molecule has 0 saturated heterocycles. The lowest BCUT2D eigenvalue weighted by Crippen LogP contribution is -2.06. The number of fused-ring (bicyclic) bond motifs is 1. The van der Waals surface area contributed by atoms with Gasteiger partial charge in [-0.15, -0.1) is 0 Å². The average molecular weight is 298 g/mol. The van der Waals surface area contributed by atoms with Crippen LogP contribution < -0.4 is 10.4 Å². The lowest BCUT2D eigenvalue weighted by molar-refractivity contribution is 0.418. The SMILES string of the molecule is COc1cc(-c2cc(C)n(C)n2)cc2oc(=O)c(C)c(C)c12. The molecule has 0 unspecified atom stereocenters. The van der Waals surface area contributed by atoms with Crippen molar-refractivity contribution >= 4 is 11.0 Å². The lowest BCUT2D eigenvalue weighted by atomic mass is 10.0. The summed E-state index contributed by atoms with van der Waals surface area (Å²) < 4.78 is 12.8. The van der Waals surface area contributed by atoms with E-state index in [0.717, 1.165) is 27.9 Å². The molecule has 0 radical (unpaired) electrons. The Balaban J connectivity index is 2.36. The zero-order valence-corrected chi connectivity index (χ0v) is 13.4. The molecule has 3 aromatic rings. The van der Waals surface area contributed by atoms with E-state index in [4.69, 9.17) is 9.15 Å². The van der Waals surface area contributed by atoms with Gasteiger partial charge in [0.1, 0.15) is 11.3 Å². The second-order valence-electron chi connectivity index (χ2n) is 5.49. The van der Waals surface area contributed by atoms with E-state index in [-0.39, 0.29) is 5.63 Å². The van der Waals surface area contributed by atoms with Crippen LogP contribution in [-0.4, -0.2) is 16.9 Å². The number of nitrogens with zero attached hydrogens (tertiary/aromatic N) is 2. The van der Waals surface area contributed by atoms with Crippen LogP contribution in [0.1, 0.15) is 16.8 Å². The van der Waals surface area contributed by atoms with E-state index in [2.05, 4.69) is 5.10 Å². The Morgan fingerprint density at radius 1 is 1.14 bits per heavy atom. The zero-order valence-electron chi connectivity index (χ0n) is 13.4. The minimum atomic E-state index is -0.318. The molecule has 0 fully saturated rings. The monoisotopic (exact) mass is 298 g/mol. The molecule has 0 aliphatic rings. The number of hydrogen-bond donors (Lipinski definition) is 0. The highest BCUT2D eigenvalue weighted by molar-refractivity contribution is 5.91. The van der Waals surface area contributed by atoms with Crippen molar-refractivity contribution in [3.63, 3.8) is 0 Å². The van der Waals surface area contributed by atoms with Crippen molar-refractivity contribution in [2.75, 3.05) is 7.11 Å². The van der Waals surface area contributed by atoms with E-state index in [1.807, 2.05) is 43.8 Å². The molecule has 3 rings (SSSR count). The molecule has 1 aromatic carbocycles. The maximum atomic E-state index is 11.9. The summed E-state index contributed by atoms with van der Waals surface area (Å²) in [7, 11) is 3.51. The Morgan fingerprint density at radius 3 is 2.45 bits per heavy atom. The predicted molar refractivity (Wildman–Crippen MR) is 85.4 cm³/mol. The standard InChI is InChI=1S/C17H18N2O3/c1-9-6-13(18-19(9)4)12-7-14(21-5)16-10(2)11(3)17(20)22-15(16)8-12/h6-8H,1-5H3. The fourth-order valence-electron chi connectivity index (χ4n) is 2.57. The van der Waals surface area contributed by atoms with Crippen LogP contribution in [0.15, 0.2) is 27.4 Å². The number of aromatic nitrogens is 2. The third-order valence-electron chi connectivity index (χ3n) is 4.14. The van der Waals surface area contributed by atoms with Gasteiger partial charge in [-0.05, 0) is 44.5 Å². The van der Waals surface area contributed by atoms with E-state index in [1.165, 1.54) is 0 Å². The number of ether oxygens (including phenoxy) is 1. The number of methoxy groups -OCH3 is 1. The van der Waals surface area contributed by atoms with Gasteiger partial charge in [-0.25, -0.2) is 4.79 Å². The molecule has 0 bridgehead atoms. The Bertz CT molecular complexity index is 916. The van der Waals surface area contributed by atoms with E-state index in [0.29, 0.717) is 16.9 Å². The molecular weight excluding hydrogens is 280 g/mol. The first-order valence-corrected chi connectivity index (χ1v) is 7.05. The molecule has 22 heavy (non-hydrogen) atoms. The second-order valence-corrected chi connectivity index (χ2v) is 5.49. The zero-order chi connectivity index (χ0) is 16.0. The Kier molecular flexibility index (Phi) is 3.28. The average Bonchev–Trinajstić information content (AvgIpc) is 2.83. The minimum absolute atomic E-state index is 0.318. The summed E-state index contributed by atoms with van der Waals surface area (Å²) in [6, 6.07) is 5.75. The van der Waals surface area contributed by atoms with Crippen LogP contribution in [0.25, 0.3) is 22.2 Å². The third kappa shape index (κ3) is 2.09. The first-order chi connectivity index (χ1) is 10.4. The molecule has 0 N–H and O–H groups in total. The number of aryl methyl sites for hydroxylation is 3. The van der Waals surface area contributed by atoms with E-state index >= 15 is 0 Å². The van der Waals surface area contributed by atoms with Crippen LogP contribution in [0.5, 0.6) is 5.75 Å². The third-order valence-corrected chi connectivity index (χ3v) is 4.14. The number of hydrogen-bond acceptors (Lipinski definition) is 4. The van der Waals surface area contributed by atoms with Crippen molar-refractivity contribution in [3.8, 4) is 17.0 Å². The van der Waals surface area contributed by atoms with Crippen LogP contribution in [-0.2, 0) is 7.05 Å². The highest BCUT2D eigenvalue weighted by Gasteiger charge is 2.15. The molecule has 0 aliphatic heterocycles. The van der Waals surface area contributed by atoms with Gasteiger partial charge in [-0.2, -0.15) is 5.10 Å². The van der Waals surface area contributed by atoms with Crippen LogP contribution in [0, 0.1) is 20.8 Å². The van der Waals surface area contributed by atoms with E-state index in [9.17, 15) is 4.79 Å². The first kappa shape index (κ1) is 14.4. The Labute approximate surface area is 128 Å². The summed E-state index contributed by atoms with van der Waals surface area (Å²) in [6.45, 7) is 5.65. The molecular formula is C17H18N2O3. The van der Waals surface area contributed by atoms with E-state index < -0.39 is 0 Å². The Morgan fingerprint density at radius 2 is 1.86 bits per heavy atom. The Hall–Kier alpha value is -2.56. The first-order valence-electron chi connectivity index (χ1n) is 7.05. The predicted octanol–water partition coefficient (Wildman–Crippen LogP) is 3.13. The second kappa shape index (κ2) is 5.02. The fourth-order valence-corrected chi connectivity index (χ4v) is 2.57. The van der Waals surface area contributed by atoms with Gasteiger partial charge in [0.05, 0.1) is 18.2 Å². The van der Waals surface area contributed by atoms with Gasteiger partial charge in [-0.1, -0.05) is 0 Å². The fraction of sp³-hybridized carbons (Fsp3) is 0.294. The quantitative estimate of drug-likeness (QED) is 0.682. The van der Waals surface area contributed by atoms with Gasteiger partial charge < -0.3 is 9.15 Å². The van der Waals surface area contributed by atoms with Crippen molar-refractivity contribution in [2.24, 2.45) is 7.05 Å². The van der Waals surface area contributed by atoms with Crippen molar-refractivity contribution < 1.29 is 9.15 Å². The van der Waals surface area contributed by atoms with Crippen LogP contribution in [0.3, 0.4) is 0 Å². The molecule has 0 amide bonds. The number of benzene rings is 1. The smallest absolute Gasteiger partial charge is 0.339 e. The maximum absolute atomic E-state index is 11.9. The summed E-state index contributed by atoms with van der Waals surface area (Å²) in [5, 5.41) is 5.30. The van der Waals surface area contributed by atoms with Crippen molar-refractivity contribution in [1.82, 2.24) is 9.78 Å². The minimum Gasteiger partial charge on any atom is -0.496 e. The summed E-state index contributed by atoms with van der Waals surface area (Å²) in [4.78, 5) is 11.9. The summed E-state index contributed by atoms with van der Waals surface area (Å²) >= 11 is 0. The van der Waals surface area contributed by atoms with Gasteiger partial charge in [-0.3, -0.25) is 4.68 Å². The van der Waals surface area contributed by atoms with Gasteiger partial charge in [0.2, 0.25) is 0 Å². The molecule has 0 aliphatic carbocycles. The molecule has 0 saturated carbocycles. The molecule has 5 nitrogen and oxygen atoms in total. The highest BCUT2D eigenvalue weighted by Crippen LogP contribution is 2.34. The molecule has 0 atom stereocenters. The largest absolute Gasteiger partial charge is 0.496 e. The molecule has 2 aromatic heterocycles.